The predicted octanol–water partition coefficient (Wildman–Crippen LogP) is 2.31. The first-order chi connectivity index (χ1) is 11.8. The molecule has 0 aliphatic carbocycles. The minimum Gasteiger partial charge on any atom is -0.383 e. The molecule has 0 aliphatic heterocycles. The van der Waals surface area contributed by atoms with Crippen LogP contribution in [0, 0.1) is 12.7 Å². The molecule has 0 bridgehead atoms. The van der Waals surface area contributed by atoms with Gasteiger partial charge in [-0.1, -0.05) is 6.07 Å². The van der Waals surface area contributed by atoms with Crippen LogP contribution in [0.3, 0.4) is 0 Å². The molecule has 0 unspecified atom stereocenters. The average Bonchev–Trinajstić information content (AvgIpc) is 2.58. The summed E-state index contributed by atoms with van der Waals surface area (Å²) in [6.07, 6.45) is 0. The minimum absolute atomic E-state index is 0.0431. The van der Waals surface area contributed by atoms with Gasteiger partial charge in [0.25, 0.3) is 5.91 Å². The van der Waals surface area contributed by atoms with Crippen molar-refractivity contribution >= 4 is 21.6 Å². The lowest BCUT2D eigenvalue weighted by Crippen LogP contribution is -2.27. The molecule has 0 saturated heterocycles. The van der Waals surface area contributed by atoms with Crippen molar-refractivity contribution in [1.29, 1.82) is 0 Å². The Hall–Kier alpha value is -2.29. The van der Waals surface area contributed by atoms with Gasteiger partial charge >= 0.3 is 0 Å². The van der Waals surface area contributed by atoms with Gasteiger partial charge in [-0.15, -0.1) is 0 Å². The third-order valence-corrected chi connectivity index (χ3v) is 4.93. The van der Waals surface area contributed by atoms with E-state index in [4.69, 9.17) is 4.74 Å². The van der Waals surface area contributed by atoms with Gasteiger partial charge in [0.15, 0.2) is 0 Å². The lowest BCUT2D eigenvalue weighted by atomic mass is 10.2. The Kier molecular flexibility index (Phi) is 6.24. The second-order valence-electron chi connectivity index (χ2n) is 5.33. The van der Waals surface area contributed by atoms with Crippen LogP contribution in [0.4, 0.5) is 10.1 Å². The van der Waals surface area contributed by atoms with Crippen molar-refractivity contribution in [3.8, 4) is 0 Å². The second kappa shape index (κ2) is 8.19. The number of aryl methyl sites for hydroxylation is 1. The van der Waals surface area contributed by atoms with Crippen molar-refractivity contribution in [1.82, 2.24) is 4.72 Å². The summed E-state index contributed by atoms with van der Waals surface area (Å²) in [5.41, 5.74) is 1.07. The third kappa shape index (κ3) is 5.09. The van der Waals surface area contributed by atoms with E-state index >= 15 is 0 Å². The average molecular weight is 366 g/mol. The minimum atomic E-state index is -3.66. The van der Waals surface area contributed by atoms with Crippen LogP contribution in [0.1, 0.15) is 15.9 Å². The van der Waals surface area contributed by atoms with Crippen LogP contribution in [0.2, 0.25) is 0 Å². The van der Waals surface area contributed by atoms with Crippen LogP contribution in [0.25, 0.3) is 0 Å². The predicted molar refractivity (Wildman–Crippen MR) is 92.6 cm³/mol. The molecule has 6 nitrogen and oxygen atoms in total. The topological polar surface area (TPSA) is 84.5 Å². The van der Waals surface area contributed by atoms with Crippen molar-refractivity contribution in [2.75, 3.05) is 25.6 Å². The molecule has 0 atom stereocenters. The summed E-state index contributed by atoms with van der Waals surface area (Å²) in [6, 6.07) is 9.84. The van der Waals surface area contributed by atoms with E-state index in [2.05, 4.69) is 10.0 Å². The van der Waals surface area contributed by atoms with Gasteiger partial charge in [-0.25, -0.2) is 17.5 Å². The quantitative estimate of drug-likeness (QED) is 0.737. The molecule has 8 heteroatoms. The largest absolute Gasteiger partial charge is 0.383 e. The van der Waals surface area contributed by atoms with Gasteiger partial charge in [-0.3, -0.25) is 4.79 Å². The summed E-state index contributed by atoms with van der Waals surface area (Å²) in [5, 5.41) is 2.57. The smallest absolute Gasteiger partial charge is 0.255 e. The van der Waals surface area contributed by atoms with E-state index in [9.17, 15) is 17.6 Å². The van der Waals surface area contributed by atoms with Crippen molar-refractivity contribution in [3.05, 3.63) is 59.4 Å². The van der Waals surface area contributed by atoms with E-state index in [0.717, 1.165) is 0 Å². The van der Waals surface area contributed by atoms with Crippen molar-refractivity contribution in [2.24, 2.45) is 0 Å². The number of hydrogen-bond acceptors (Lipinski definition) is 4. The molecule has 0 aromatic heterocycles. The Labute approximate surface area is 146 Å². The van der Waals surface area contributed by atoms with Crippen LogP contribution >= 0.6 is 0 Å². The highest BCUT2D eigenvalue weighted by molar-refractivity contribution is 7.89. The zero-order chi connectivity index (χ0) is 18.4. The van der Waals surface area contributed by atoms with Crippen molar-refractivity contribution in [2.45, 2.75) is 11.8 Å². The first-order valence-corrected chi connectivity index (χ1v) is 8.98. The van der Waals surface area contributed by atoms with Crippen LogP contribution in [0.15, 0.2) is 47.4 Å². The molecule has 0 fully saturated rings. The first-order valence-electron chi connectivity index (χ1n) is 7.49. The SMILES string of the molecule is COCCNS(=O)(=O)c1ccc(C(=O)Nc2ccc(C)c(F)c2)cc1. The Morgan fingerprint density at radius 1 is 1.16 bits per heavy atom. The summed E-state index contributed by atoms with van der Waals surface area (Å²) in [6.45, 7) is 2.04. The first kappa shape index (κ1) is 19.0. The van der Waals surface area contributed by atoms with Crippen molar-refractivity contribution in [3.63, 3.8) is 0 Å². The summed E-state index contributed by atoms with van der Waals surface area (Å²) in [7, 11) is -2.18. The number of methoxy groups -OCH3 is 1. The number of carbonyl (C=O) groups excluding carboxylic acids is 1. The van der Waals surface area contributed by atoms with E-state index in [1.54, 1.807) is 19.1 Å². The van der Waals surface area contributed by atoms with E-state index < -0.39 is 21.7 Å². The molecule has 25 heavy (non-hydrogen) atoms. The number of carbonyl (C=O) groups is 1. The molecule has 0 aliphatic rings. The standard InChI is InChI=1S/C17H19FN2O4S/c1-12-3-6-14(11-16(12)18)20-17(21)13-4-7-15(8-5-13)25(22,23)19-9-10-24-2/h3-8,11,19H,9-10H2,1-2H3,(H,20,21). The fourth-order valence-electron chi connectivity index (χ4n) is 2.02. The van der Waals surface area contributed by atoms with Crippen molar-refractivity contribution < 1.29 is 22.3 Å². The number of hydrogen-bond donors (Lipinski definition) is 2. The van der Waals surface area contributed by atoms with Crippen LogP contribution in [-0.2, 0) is 14.8 Å². The molecule has 2 aromatic rings. The molecule has 0 heterocycles. The molecule has 0 saturated carbocycles. The molecule has 2 aromatic carbocycles. The van der Waals surface area contributed by atoms with E-state index in [1.807, 2.05) is 0 Å². The number of ether oxygens (including phenoxy) is 1. The number of anilines is 1. The molecule has 2 N–H and O–H groups in total. The lowest BCUT2D eigenvalue weighted by Gasteiger charge is -2.08. The van der Waals surface area contributed by atoms with Crippen LogP contribution < -0.4 is 10.0 Å². The zero-order valence-electron chi connectivity index (χ0n) is 13.9. The van der Waals surface area contributed by atoms with Gasteiger partial charge in [-0.05, 0) is 48.9 Å². The number of benzene rings is 2. The number of sulfonamides is 1. The number of halogens is 1. The molecule has 0 spiro atoms. The number of nitrogens with one attached hydrogen (secondary N) is 2. The Balaban J connectivity index is 2.08. The molecule has 0 radical (unpaired) electrons. The third-order valence-electron chi connectivity index (χ3n) is 3.45. The fraction of sp³-hybridized carbons (Fsp3) is 0.235. The Morgan fingerprint density at radius 3 is 2.44 bits per heavy atom. The highest BCUT2D eigenvalue weighted by Crippen LogP contribution is 2.16. The monoisotopic (exact) mass is 366 g/mol. The summed E-state index contributed by atoms with van der Waals surface area (Å²) >= 11 is 0. The zero-order valence-corrected chi connectivity index (χ0v) is 14.7. The van der Waals surface area contributed by atoms with E-state index in [1.165, 1.54) is 37.4 Å². The lowest BCUT2D eigenvalue weighted by molar-refractivity contribution is 0.102. The molecular weight excluding hydrogens is 347 g/mol. The van der Waals surface area contributed by atoms with E-state index in [0.29, 0.717) is 11.3 Å². The number of amides is 1. The normalized spacial score (nSPS) is 11.3. The van der Waals surface area contributed by atoms with Crippen LogP contribution in [0.5, 0.6) is 0 Å². The maximum atomic E-state index is 13.5. The van der Waals surface area contributed by atoms with E-state index in [-0.39, 0.29) is 23.6 Å². The summed E-state index contributed by atoms with van der Waals surface area (Å²) < 4.78 is 44.8. The second-order valence-corrected chi connectivity index (χ2v) is 7.10. The summed E-state index contributed by atoms with van der Waals surface area (Å²) in [4.78, 5) is 12.2. The van der Waals surface area contributed by atoms with Gasteiger partial charge in [0.2, 0.25) is 10.0 Å². The van der Waals surface area contributed by atoms with Gasteiger partial charge in [0, 0.05) is 24.9 Å². The van der Waals surface area contributed by atoms with Crippen LogP contribution in [-0.4, -0.2) is 34.6 Å². The Bertz CT molecular complexity index is 851. The molecule has 2 rings (SSSR count). The maximum absolute atomic E-state index is 13.5. The Morgan fingerprint density at radius 2 is 1.84 bits per heavy atom. The molecular formula is C17H19FN2O4S. The molecule has 134 valence electrons. The molecule has 1 amide bonds. The number of rotatable bonds is 7. The van der Waals surface area contributed by atoms with Gasteiger partial charge in [-0.2, -0.15) is 0 Å². The maximum Gasteiger partial charge on any atom is 0.255 e. The highest BCUT2D eigenvalue weighted by atomic mass is 32.2. The van der Waals surface area contributed by atoms with Gasteiger partial charge < -0.3 is 10.1 Å². The highest BCUT2D eigenvalue weighted by Gasteiger charge is 2.14. The van der Waals surface area contributed by atoms with Gasteiger partial charge in [0.1, 0.15) is 5.82 Å². The summed E-state index contributed by atoms with van der Waals surface area (Å²) in [5.74, 6) is -0.874. The van der Waals surface area contributed by atoms with Gasteiger partial charge in [0.05, 0.1) is 11.5 Å². The fourth-order valence-corrected chi connectivity index (χ4v) is 3.03.